The lowest BCUT2D eigenvalue weighted by Gasteiger charge is -2.30. The maximum atomic E-state index is 12.9. The van der Waals surface area contributed by atoms with Crippen LogP contribution in [0.5, 0.6) is 0 Å². The van der Waals surface area contributed by atoms with Gasteiger partial charge in [0, 0.05) is 25.8 Å². The van der Waals surface area contributed by atoms with Crippen molar-refractivity contribution < 1.29 is 19.1 Å². The number of esters is 1. The molecule has 1 atom stereocenters. The number of carbonyl (C=O) groups is 3. The SMILES string of the molecule is C[C@@H]1CCCN(C(=O)COC(=O)c2ccccc2C(=O)N(C)c2ccccc2)C1. The van der Waals surface area contributed by atoms with Crippen LogP contribution < -0.4 is 4.90 Å². The fourth-order valence-electron chi connectivity index (χ4n) is 3.51. The number of nitrogens with zero attached hydrogens (tertiary/aromatic N) is 2. The van der Waals surface area contributed by atoms with Gasteiger partial charge in [0.2, 0.25) is 0 Å². The molecular weight excluding hydrogens is 368 g/mol. The number of ether oxygens (including phenoxy) is 1. The highest BCUT2D eigenvalue weighted by Gasteiger charge is 2.24. The van der Waals surface area contributed by atoms with E-state index >= 15 is 0 Å². The Morgan fingerprint density at radius 3 is 2.38 bits per heavy atom. The fourth-order valence-corrected chi connectivity index (χ4v) is 3.51. The highest BCUT2D eigenvalue weighted by Crippen LogP contribution is 2.19. The van der Waals surface area contributed by atoms with Crippen LogP contribution in [0.15, 0.2) is 54.6 Å². The van der Waals surface area contributed by atoms with E-state index in [0.29, 0.717) is 19.0 Å². The molecule has 0 radical (unpaired) electrons. The van der Waals surface area contributed by atoms with Crippen LogP contribution in [0.1, 0.15) is 40.5 Å². The summed E-state index contributed by atoms with van der Waals surface area (Å²) in [6, 6.07) is 15.7. The molecule has 0 N–H and O–H groups in total. The van der Waals surface area contributed by atoms with Crippen molar-refractivity contribution in [2.45, 2.75) is 19.8 Å². The number of anilines is 1. The highest BCUT2D eigenvalue weighted by molar-refractivity contribution is 6.12. The molecule has 2 aromatic rings. The second-order valence-corrected chi connectivity index (χ2v) is 7.41. The lowest BCUT2D eigenvalue weighted by molar-refractivity contribution is -0.136. The molecule has 2 aromatic carbocycles. The molecule has 2 amide bonds. The number of para-hydroxylation sites is 1. The van der Waals surface area contributed by atoms with Crippen molar-refractivity contribution in [1.82, 2.24) is 4.90 Å². The maximum Gasteiger partial charge on any atom is 0.339 e. The number of benzene rings is 2. The van der Waals surface area contributed by atoms with Crippen molar-refractivity contribution in [2.24, 2.45) is 5.92 Å². The van der Waals surface area contributed by atoms with Gasteiger partial charge in [-0.3, -0.25) is 9.59 Å². The van der Waals surface area contributed by atoms with Gasteiger partial charge in [0.15, 0.2) is 6.61 Å². The molecule has 0 aromatic heterocycles. The zero-order chi connectivity index (χ0) is 20.8. The third kappa shape index (κ3) is 5.02. The van der Waals surface area contributed by atoms with Crippen LogP contribution in [0.4, 0.5) is 5.69 Å². The van der Waals surface area contributed by atoms with E-state index in [1.54, 1.807) is 36.2 Å². The molecule has 152 valence electrons. The summed E-state index contributed by atoms with van der Waals surface area (Å²) in [5.74, 6) is -0.737. The number of carbonyl (C=O) groups excluding carboxylic acids is 3. The number of piperidine rings is 1. The summed E-state index contributed by atoms with van der Waals surface area (Å²) in [6.07, 6.45) is 2.07. The van der Waals surface area contributed by atoms with E-state index in [4.69, 9.17) is 4.74 Å². The molecule has 1 heterocycles. The lowest BCUT2D eigenvalue weighted by atomic mass is 10.0. The van der Waals surface area contributed by atoms with Gasteiger partial charge in [-0.15, -0.1) is 0 Å². The third-order valence-electron chi connectivity index (χ3n) is 5.16. The van der Waals surface area contributed by atoms with Gasteiger partial charge in [-0.25, -0.2) is 4.79 Å². The first-order valence-corrected chi connectivity index (χ1v) is 9.84. The summed E-state index contributed by atoms with van der Waals surface area (Å²) < 4.78 is 5.25. The minimum absolute atomic E-state index is 0.153. The number of hydrogen-bond acceptors (Lipinski definition) is 4. The summed E-state index contributed by atoms with van der Waals surface area (Å²) in [5, 5.41) is 0. The van der Waals surface area contributed by atoms with Crippen LogP contribution in [0.2, 0.25) is 0 Å². The minimum atomic E-state index is -0.672. The fraction of sp³-hybridized carbons (Fsp3) is 0.348. The average Bonchev–Trinajstić information content (AvgIpc) is 2.76. The molecular formula is C23H26N2O4. The number of rotatable bonds is 5. The normalized spacial score (nSPS) is 16.2. The Kier molecular flexibility index (Phi) is 6.65. The van der Waals surface area contributed by atoms with Crippen molar-refractivity contribution in [3.8, 4) is 0 Å². The molecule has 3 rings (SSSR count). The molecule has 0 spiro atoms. The Morgan fingerprint density at radius 2 is 1.69 bits per heavy atom. The van der Waals surface area contributed by atoms with E-state index in [9.17, 15) is 14.4 Å². The van der Waals surface area contributed by atoms with Crippen molar-refractivity contribution >= 4 is 23.5 Å². The van der Waals surface area contributed by atoms with Gasteiger partial charge in [0.05, 0.1) is 11.1 Å². The molecule has 1 aliphatic heterocycles. The Balaban J connectivity index is 1.68. The molecule has 0 saturated carbocycles. The quantitative estimate of drug-likeness (QED) is 0.729. The molecule has 0 aliphatic carbocycles. The van der Waals surface area contributed by atoms with Crippen molar-refractivity contribution in [3.05, 3.63) is 65.7 Å². The van der Waals surface area contributed by atoms with E-state index in [2.05, 4.69) is 6.92 Å². The van der Waals surface area contributed by atoms with E-state index in [1.807, 2.05) is 30.3 Å². The summed E-state index contributed by atoms with van der Waals surface area (Å²) in [4.78, 5) is 41.1. The molecule has 0 unspecified atom stereocenters. The second-order valence-electron chi connectivity index (χ2n) is 7.41. The van der Waals surface area contributed by atoms with E-state index < -0.39 is 5.97 Å². The van der Waals surface area contributed by atoms with Crippen LogP contribution in [-0.2, 0) is 9.53 Å². The van der Waals surface area contributed by atoms with Gasteiger partial charge in [-0.1, -0.05) is 37.3 Å². The molecule has 1 fully saturated rings. The predicted molar refractivity (Wildman–Crippen MR) is 111 cm³/mol. The topological polar surface area (TPSA) is 66.9 Å². The first kappa shape index (κ1) is 20.6. The standard InChI is InChI=1S/C23H26N2O4/c1-17-9-8-14-25(15-17)21(26)16-29-23(28)20-13-7-6-12-19(20)22(27)24(2)18-10-4-3-5-11-18/h3-7,10-13,17H,8-9,14-16H2,1-2H3/t17-/m1/s1. The Hall–Kier alpha value is -3.15. The number of amides is 2. The van der Waals surface area contributed by atoms with Gasteiger partial charge in [-0.05, 0) is 43.0 Å². The van der Waals surface area contributed by atoms with Gasteiger partial charge < -0.3 is 14.5 Å². The van der Waals surface area contributed by atoms with Gasteiger partial charge in [0.25, 0.3) is 11.8 Å². The van der Waals surface area contributed by atoms with E-state index in [1.165, 1.54) is 4.90 Å². The number of hydrogen-bond donors (Lipinski definition) is 0. The summed E-state index contributed by atoms with van der Waals surface area (Å²) in [6.45, 7) is 3.17. The van der Waals surface area contributed by atoms with Crippen LogP contribution in [0.3, 0.4) is 0 Å². The van der Waals surface area contributed by atoms with Crippen molar-refractivity contribution in [1.29, 1.82) is 0 Å². The number of likely N-dealkylation sites (tertiary alicyclic amines) is 1. The molecule has 1 saturated heterocycles. The third-order valence-corrected chi connectivity index (χ3v) is 5.16. The largest absolute Gasteiger partial charge is 0.452 e. The first-order chi connectivity index (χ1) is 14.0. The predicted octanol–water partition coefficient (Wildman–Crippen LogP) is 3.38. The Labute approximate surface area is 171 Å². The van der Waals surface area contributed by atoms with Crippen LogP contribution in [0.25, 0.3) is 0 Å². The highest BCUT2D eigenvalue weighted by atomic mass is 16.5. The summed E-state index contributed by atoms with van der Waals surface area (Å²) in [5.41, 5.74) is 1.11. The van der Waals surface area contributed by atoms with E-state index in [0.717, 1.165) is 18.5 Å². The molecule has 29 heavy (non-hydrogen) atoms. The van der Waals surface area contributed by atoms with Crippen LogP contribution in [-0.4, -0.2) is 49.4 Å². The Morgan fingerprint density at radius 1 is 1.03 bits per heavy atom. The van der Waals surface area contributed by atoms with Crippen molar-refractivity contribution in [2.75, 3.05) is 31.6 Å². The van der Waals surface area contributed by atoms with Crippen LogP contribution >= 0.6 is 0 Å². The summed E-state index contributed by atoms with van der Waals surface area (Å²) >= 11 is 0. The molecule has 0 bridgehead atoms. The smallest absolute Gasteiger partial charge is 0.339 e. The van der Waals surface area contributed by atoms with Crippen LogP contribution in [0, 0.1) is 5.92 Å². The lowest BCUT2D eigenvalue weighted by Crippen LogP contribution is -2.41. The molecule has 1 aliphatic rings. The van der Waals surface area contributed by atoms with Gasteiger partial charge >= 0.3 is 5.97 Å². The van der Waals surface area contributed by atoms with Gasteiger partial charge in [0.1, 0.15) is 0 Å². The maximum absolute atomic E-state index is 12.9. The first-order valence-electron chi connectivity index (χ1n) is 9.84. The monoisotopic (exact) mass is 394 g/mol. The Bertz CT molecular complexity index is 881. The van der Waals surface area contributed by atoms with Crippen molar-refractivity contribution in [3.63, 3.8) is 0 Å². The van der Waals surface area contributed by atoms with E-state index in [-0.39, 0.29) is 29.5 Å². The zero-order valence-electron chi connectivity index (χ0n) is 16.8. The molecule has 6 heteroatoms. The second kappa shape index (κ2) is 9.37. The summed E-state index contributed by atoms with van der Waals surface area (Å²) in [7, 11) is 1.65. The van der Waals surface area contributed by atoms with Gasteiger partial charge in [-0.2, -0.15) is 0 Å². The average molecular weight is 394 g/mol. The zero-order valence-corrected chi connectivity index (χ0v) is 16.8. The minimum Gasteiger partial charge on any atom is -0.452 e. The molecule has 6 nitrogen and oxygen atoms in total.